The Labute approximate surface area is 105 Å². The van der Waals surface area contributed by atoms with Crippen LogP contribution in [0, 0.1) is 0 Å². The molecule has 1 N–H and O–H groups in total. The van der Waals surface area contributed by atoms with Gasteiger partial charge in [-0.05, 0) is 29.1 Å². The number of ether oxygens (including phenoxy) is 1. The smallest absolute Gasteiger partial charge is 0.125 e. The third-order valence-electron chi connectivity index (χ3n) is 2.42. The number of hydrogen-bond acceptors (Lipinski definition) is 4. The highest BCUT2D eigenvalue weighted by Gasteiger charge is 1.97. The molecule has 0 aromatic carbocycles. The molecule has 3 nitrogen and oxygen atoms in total. The lowest BCUT2D eigenvalue weighted by Gasteiger charge is -2.05. The van der Waals surface area contributed by atoms with Gasteiger partial charge in [-0.3, -0.25) is 0 Å². The monoisotopic (exact) mass is 248 g/mol. The Hall–Kier alpha value is -1.39. The molecule has 2 heterocycles. The van der Waals surface area contributed by atoms with Gasteiger partial charge in [0.2, 0.25) is 0 Å². The molecule has 0 aliphatic carbocycles. The maximum atomic E-state index is 5.64. The quantitative estimate of drug-likeness (QED) is 0.798. The molecule has 0 saturated heterocycles. The summed E-state index contributed by atoms with van der Waals surface area (Å²) in [4.78, 5) is 5.53. The topological polar surface area (TPSA) is 34.1 Å². The van der Waals surface area contributed by atoms with Gasteiger partial charge in [-0.1, -0.05) is 6.07 Å². The van der Waals surface area contributed by atoms with Crippen molar-refractivity contribution >= 4 is 17.2 Å². The fraction of sp³-hybridized carbons (Fsp3) is 0.308. The molecule has 2 aromatic rings. The summed E-state index contributed by atoms with van der Waals surface area (Å²) in [5, 5.41) is 5.11. The Morgan fingerprint density at radius 3 is 3.12 bits per heavy atom. The van der Waals surface area contributed by atoms with Gasteiger partial charge < -0.3 is 10.1 Å². The van der Waals surface area contributed by atoms with Crippen molar-refractivity contribution in [3.8, 4) is 0 Å². The minimum atomic E-state index is 0.641. The summed E-state index contributed by atoms with van der Waals surface area (Å²) in [5.74, 6) is 0.879. The van der Waals surface area contributed by atoms with E-state index in [4.69, 9.17) is 4.74 Å². The molecule has 0 fully saturated rings. The Balaban J connectivity index is 1.74. The number of thiophene rings is 1. The van der Waals surface area contributed by atoms with Crippen LogP contribution in [0.4, 0.5) is 5.82 Å². The van der Waals surface area contributed by atoms with E-state index in [0.717, 1.165) is 24.4 Å². The van der Waals surface area contributed by atoms with Crippen molar-refractivity contribution in [3.05, 3.63) is 46.3 Å². The predicted molar refractivity (Wildman–Crippen MR) is 71.5 cm³/mol. The molecule has 0 aliphatic heterocycles. The zero-order valence-electron chi connectivity index (χ0n) is 9.85. The van der Waals surface area contributed by atoms with E-state index in [1.165, 1.54) is 4.88 Å². The van der Waals surface area contributed by atoms with Gasteiger partial charge in [-0.15, -0.1) is 11.3 Å². The lowest BCUT2D eigenvalue weighted by atomic mass is 10.3. The fourth-order valence-electron chi connectivity index (χ4n) is 1.52. The number of hydrogen-bond donors (Lipinski definition) is 1. The van der Waals surface area contributed by atoms with Crippen molar-refractivity contribution in [2.75, 3.05) is 19.0 Å². The molecular weight excluding hydrogens is 232 g/mol. The van der Waals surface area contributed by atoms with E-state index in [9.17, 15) is 0 Å². The van der Waals surface area contributed by atoms with Gasteiger partial charge in [0.25, 0.3) is 0 Å². The summed E-state index contributed by atoms with van der Waals surface area (Å²) in [7, 11) is 1.86. The molecule has 4 heteroatoms. The van der Waals surface area contributed by atoms with Crippen LogP contribution in [0.15, 0.2) is 35.8 Å². The second-order valence-electron chi connectivity index (χ2n) is 3.68. The molecule has 0 amide bonds. The molecule has 17 heavy (non-hydrogen) atoms. The van der Waals surface area contributed by atoms with Crippen molar-refractivity contribution in [1.29, 1.82) is 0 Å². The molecule has 0 radical (unpaired) electrons. The van der Waals surface area contributed by atoms with Crippen LogP contribution in [-0.4, -0.2) is 18.6 Å². The molecule has 0 unspecified atom stereocenters. The fourth-order valence-corrected chi connectivity index (χ4v) is 2.21. The van der Waals surface area contributed by atoms with Crippen LogP contribution in [0.5, 0.6) is 0 Å². The lowest BCUT2D eigenvalue weighted by molar-refractivity contribution is 0.124. The summed E-state index contributed by atoms with van der Waals surface area (Å²) < 4.78 is 5.64. The largest absolute Gasteiger partial charge is 0.376 e. The normalized spacial score (nSPS) is 10.4. The third kappa shape index (κ3) is 3.84. The standard InChI is InChI=1S/C13H16N2OS/c1-14-13-9-11(4-6-15-13)10-16-7-5-12-3-2-8-17-12/h2-4,6,8-9H,5,7,10H2,1H3,(H,14,15). The third-order valence-corrected chi connectivity index (χ3v) is 3.36. The summed E-state index contributed by atoms with van der Waals surface area (Å²) >= 11 is 1.78. The number of rotatable bonds is 6. The zero-order valence-corrected chi connectivity index (χ0v) is 10.7. The number of pyridine rings is 1. The van der Waals surface area contributed by atoms with Gasteiger partial charge in [0.05, 0.1) is 13.2 Å². The highest BCUT2D eigenvalue weighted by atomic mass is 32.1. The molecule has 2 rings (SSSR count). The highest BCUT2D eigenvalue weighted by molar-refractivity contribution is 7.09. The number of anilines is 1. The van der Waals surface area contributed by atoms with E-state index in [-0.39, 0.29) is 0 Å². The maximum absolute atomic E-state index is 5.64. The van der Waals surface area contributed by atoms with Crippen LogP contribution < -0.4 is 5.32 Å². The molecule has 2 aromatic heterocycles. The Morgan fingerprint density at radius 2 is 2.35 bits per heavy atom. The molecular formula is C13H16N2OS. The van der Waals surface area contributed by atoms with Crippen molar-refractivity contribution in [2.24, 2.45) is 0 Å². The van der Waals surface area contributed by atoms with Gasteiger partial charge >= 0.3 is 0 Å². The van der Waals surface area contributed by atoms with E-state index in [1.54, 1.807) is 17.5 Å². The zero-order chi connectivity index (χ0) is 11.9. The van der Waals surface area contributed by atoms with Gasteiger partial charge in [0.1, 0.15) is 5.82 Å². The molecule has 0 spiro atoms. The Morgan fingerprint density at radius 1 is 1.41 bits per heavy atom. The van der Waals surface area contributed by atoms with Crippen LogP contribution in [0.1, 0.15) is 10.4 Å². The average Bonchev–Trinajstić information content (AvgIpc) is 2.88. The Kier molecular flexibility index (Phi) is 4.53. The van der Waals surface area contributed by atoms with E-state index >= 15 is 0 Å². The SMILES string of the molecule is CNc1cc(COCCc2cccs2)ccn1. The van der Waals surface area contributed by atoms with E-state index in [2.05, 4.69) is 27.8 Å². The summed E-state index contributed by atoms with van der Waals surface area (Å²) in [6.07, 6.45) is 2.78. The van der Waals surface area contributed by atoms with Crippen LogP contribution >= 0.6 is 11.3 Å². The van der Waals surface area contributed by atoms with E-state index in [1.807, 2.05) is 19.2 Å². The summed E-state index contributed by atoms with van der Waals surface area (Å²) in [6.45, 7) is 1.40. The number of nitrogens with zero attached hydrogens (tertiary/aromatic N) is 1. The second-order valence-corrected chi connectivity index (χ2v) is 4.71. The van der Waals surface area contributed by atoms with Gasteiger partial charge in [0.15, 0.2) is 0 Å². The molecule has 0 bridgehead atoms. The van der Waals surface area contributed by atoms with Crippen molar-refractivity contribution in [2.45, 2.75) is 13.0 Å². The highest BCUT2D eigenvalue weighted by Crippen LogP contribution is 2.10. The first-order valence-corrected chi connectivity index (χ1v) is 6.49. The van der Waals surface area contributed by atoms with Gasteiger partial charge in [-0.2, -0.15) is 0 Å². The second kappa shape index (κ2) is 6.37. The lowest BCUT2D eigenvalue weighted by Crippen LogP contribution is -1.99. The molecule has 0 aliphatic rings. The first kappa shape index (κ1) is 12.1. The Bertz CT molecular complexity index is 442. The minimum absolute atomic E-state index is 0.641. The van der Waals surface area contributed by atoms with Crippen LogP contribution in [-0.2, 0) is 17.8 Å². The molecule has 0 saturated carbocycles. The van der Waals surface area contributed by atoms with Crippen molar-refractivity contribution in [1.82, 2.24) is 4.98 Å². The average molecular weight is 248 g/mol. The number of aromatic nitrogens is 1. The van der Waals surface area contributed by atoms with E-state index < -0.39 is 0 Å². The molecule has 0 atom stereocenters. The first-order valence-electron chi connectivity index (χ1n) is 5.61. The predicted octanol–water partition coefficient (Wildman–Crippen LogP) is 2.94. The van der Waals surface area contributed by atoms with Crippen LogP contribution in [0.3, 0.4) is 0 Å². The van der Waals surface area contributed by atoms with Crippen molar-refractivity contribution < 1.29 is 4.74 Å². The summed E-state index contributed by atoms with van der Waals surface area (Å²) in [5.41, 5.74) is 1.15. The maximum Gasteiger partial charge on any atom is 0.125 e. The number of nitrogens with one attached hydrogen (secondary N) is 1. The van der Waals surface area contributed by atoms with Crippen molar-refractivity contribution in [3.63, 3.8) is 0 Å². The minimum Gasteiger partial charge on any atom is -0.376 e. The molecule has 90 valence electrons. The van der Waals surface area contributed by atoms with Gasteiger partial charge in [-0.25, -0.2) is 4.98 Å². The van der Waals surface area contributed by atoms with Gasteiger partial charge in [0, 0.05) is 24.5 Å². The summed E-state index contributed by atoms with van der Waals surface area (Å²) in [6, 6.07) is 8.19. The first-order chi connectivity index (χ1) is 8.38. The van der Waals surface area contributed by atoms with Crippen LogP contribution in [0.2, 0.25) is 0 Å². The van der Waals surface area contributed by atoms with Crippen LogP contribution in [0.25, 0.3) is 0 Å². The van der Waals surface area contributed by atoms with E-state index in [0.29, 0.717) is 6.61 Å².